The number of fused-ring (bicyclic) bond motifs is 1. The highest BCUT2D eigenvalue weighted by Crippen LogP contribution is 2.22. The van der Waals surface area contributed by atoms with Crippen molar-refractivity contribution in [2.45, 2.75) is 13.8 Å². The quantitative estimate of drug-likeness (QED) is 0.780. The molecule has 0 aliphatic rings. The molecule has 0 unspecified atom stereocenters. The first-order valence-corrected chi connectivity index (χ1v) is 6.50. The number of carboxylic acid groups (broad SMARTS) is 1. The maximum atomic E-state index is 11.2. The van der Waals surface area contributed by atoms with Crippen LogP contribution in [0, 0.1) is 13.8 Å². The summed E-state index contributed by atoms with van der Waals surface area (Å²) in [6.07, 6.45) is 1.74. The van der Waals surface area contributed by atoms with Gasteiger partial charge < -0.3 is 5.11 Å². The molecule has 3 aromatic rings. The van der Waals surface area contributed by atoms with E-state index in [1.165, 1.54) is 0 Å². The van der Waals surface area contributed by atoms with Crippen molar-refractivity contribution in [2.24, 2.45) is 0 Å². The molecule has 1 aromatic carbocycles. The fraction of sp³-hybridized carbons (Fsp3) is 0.125. The molecule has 0 amide bonds. The van der Waals surface area contributed by atoms with Gasteiger partial charge in [0, 0.05) is 17.1 Å². The molecule has 0 aliphatic carbocycles. The van der Waals surface area contributed by atoms with Crippen LogP contribution in [0.5, 0.6) is 0 Å². The Kier molecular flexibility index (Phi) is 3.10. The molecule has 0 radical (unpaired) electrons. The standard InChI is InChI=1S/C16H13N3O2/c1-9-14(16(20)21)10(2)19-15(18-9)12-5-6-13-11(8-12)4-3-7-17-13/h3-8H,1-2H3,(H,20,21). The van der Waals surface area contributed by atoms with E-state index < -0.39 is 5.97 Å². The average molecular weight is 279 g/mol. The van der Waals surface area contributed by atoms with E-state index in [9.17, 15) is 4.79 Å². The number of rotatable bonds is 2. The maximum absolute atomic E-state index is 11.2. The zero-order chi connectivity index (χ0) is 15.0. The van der Waals surface area contributed by atoms with Crippen LogP contribution in [-0.4, -0.2) is 26.0 Å². The summed E-state index contributed by atoms with van der Waals surface area (Å²) in [4.78, 5) is 24.1. The van der Waals surface area contributed by atoms with Crippen molar-refractivity contribution in [3.8, 4) is 11.4 Å². The SMILES string of the molecule is Cc1nc(-c2ccc3ncccc3c2)nc(C)c1C(=O)O. The van der Waals surface area contributed by atoms with Crippen LogP contribution in [-0.2, 0) is 0 Å². The van der Waals surface area contributed by atoms with Gasteiger partial charge >= 0.3 is 5.97 Å². The molecule has 0 bridgehead atoms. The van der Waals surface area contributed by atoms with E-state index >= 15 is 0 Å². The summed E-state index contributed by atoms with van der Waals surface area (Å²) in [5, 5.41) is 10.2. The molecule has 1 N–H and O–H groups in total. The Morgan fingerprint density at radius 2 is 1.81 bits per heavy atom. The molecule has 2 heterocycles. The monoisotopic (exact) mass is 279 g/mol. The number of carboxylic acids is 1. The minimum absolute atomic E-state index is 0.168. The van der Waals surface area contributed by atoms with Crippen molar-refractivity contribution < 1.29 is 9.90 Å². The minimum atomic E-state index is -1.00. The van der Waals surface area contributed by atoms with Gasteiger partial charge in [-0.05, 0) is 38.1 Å². The van der Waals surface area contributed by atoms with E-state index in [4.69, 9.17) is 5.11 Å². The van der Waals surface area contributed by atoms with Crippen molar-refractivity contribution in [1.29, 1.82) is 0 Å². The van der Waals surface area contributed by atoms with Crippen LogP contribution in [0.25, 0.3) is 22.3 Å². The van der Waals surface area contributed by atoms with Gasteiger partial charge in [-0.25, -0.2) is 14.8 Å². The Morgan fingerprint density at radius 1 is 1.10 bits per heavy atom. The largest absolute Gasteiger partial charge is 0.478 e. The lowest BCUT2D eigenvalue weighted by molar-refractivity contribution is 0.0694. The maximum Gasteiger partial charge on any atom is 0.339 e. The average Bonchev–Trinajstić information content (AvgIpc) is 2.45. The van der Waals surface area contributed by atoms with Gasteiger partial charge in [0.1, 0.15) is 5.56 Å². The number of aromatic nitrogens is 3. The molecular weight excluding hydrogens is 266 g/mol. The van der Waals surface area contributed by atoms with Crippen LogP contribution in [0.3, 0.4) is 0 Å². The first kappa shape index (κ1) is 13.2. The second kappa shape index (κ2) is 4.94. The number of carbonyl (C=O) groups is 1. The second-order valence-corrected chi connectivity index (χ2v) is 4.81. The molecule has 2 aromatic heterocycles. The van der Waals surface area contributed by atoms with Gasteiger partial charge in [0.15, 0.2) is 5.82 Å². The lowest BCUT2D eigenvalue weighted by atomic mass is 10.1. The molecule has 104 valence electrons. The van der Waals surface area contributed by atoms with Crippen molar-refractivity contribution >= 4 is 16.9 Å². The summed E-state index contributed by atoms with van der Waals surface area (Å²) in [7, 11) is 0. The van der Waals surface area contributed by atoms with Crippen LogP contribution in [0.4, 0.5) is 0 Å². The van der Waals surface area contributed by atoms with E-state index in [1.54, 1.807) is 20.0 Å². The van der Waals surface area contributed by atoms with Gasteiger partial charge in [-0.2, -0.15) is 0 Å². The summed E-state index contributed by atoms with van der Waals surface area (Å²) in [5.74, 6) is -0.472. The topological polar surface area (TPSA) is 76.0 Å². The van der Waals surface area contributed by atoms with Crippen molar-refractivity contribution in [2.75, 3.05) is 0 Å². The number of benzene rings is 1. The Morgan fingerprint density at radius 3 is 2.48 bits per heavy atom. The molecule has 0 aliphatic heterocycles. The first-order chi connectivity index (χ1) is 10.1. The number of nitrogens with zero attached hydrogens (tertiary/aromatic N) is 3. The van der Waals surface area contributed by atoms with E-state index in [0.29, 0.717) is 17.2 Å². The van der Waals surface area contributed by atoms with E-state index in [2.05, 4.69) is 15.0 Å². The summed E-state index contributed by atoms with van der Waals surface area (Å²) in [6, 6.07) is 9.60. The zero-order valence-electron chi connectivity index (χ0n) is 11.7. The smallest absolute Gasteiger partial charge is 0.339 e. The Hall–Kier alpha value is -2.82. The summed E-state index contributed by atoms with van der Waals surface area (Å²) >= 11 is 0. The van der Waals surface area contributed by atoms with Crippen LogP contribution in [0.1, 0.15) is 21.7 Å². The van der Waals surface area contributed by atoms with Gasteiger partial charge in [-0.15, -0.1) is 0 Å². The van der Waals surface area contributed by atoms with Gasteiger partial charge in [0.05, 0.1) is 16.9 Å². The molecule has 0 fully saturated rings. The van der Waals surface area contributed by atoms with Gasteiger partial charge in [0.25, 0.3) is 0 Å². The Bertz CT molecular complexity index is 836. The molecule has 0 saturated carbocycles. The second-order valence-electron chi connectivity index (χ2n) is 4.81. The highest BCUT2D eigenvalue weighted by molar-refractivity contribution is 5.90. The minimum Gasteiger partial charge on any atom is -0.478 e. The molecule has 0 atom stereocenters. The number of hydrogen-bond acceptors (Lipinski definition) is 4. The lowest BCUT2D eigenvalue weighted by Gasteiger charge is -2.08. The predicted molar refractivity (Wildman–Crippen MR) is 79.2 cm³/mol. The number of pyridine rings is 1. The molecule has 0 saturated heterocycles. The number of hydrogen-bond donors (Lipinski definition) is 1. The Labute approximate surface area is 121 Å². The van der Waals surface area contributed by atoms with Gasteiger partial charge in [0.2, 0.25) is 0 Å². The fourth-order valence-corrected chi connectivity index (χ4v) is 2.37. The van der Waals surface area contributed by atoms with Crippen molar-refractivity contribution in [3.05, 3.63) is 53.5 Å². The van der Waals surface area contributed by atoms with Crippen molar-refractivity contribution in [3.63, 3.8) is 0 Å². The van der Waals surface area contributed by atoms with Crippen molar-refractivity contribution in [1.82, 2.24) is 15.0 Å². The van der Waals surface area contributed by atoms with E-state index in [-0.39, 0.29) is 5.56 Å². The molecular formula is C16H13N3O2. The fourth-order valence-electron chi connectivity index (χ4n) is 2.37. The molecule has 21 heavy (non-hydrogen) atoms. The first-order valence-electron chi connectivity index (χ1n) is 6.50. The van der Waals surface area contributed by atoms with Gasteiger partial charge in [-0.1, -0.05) is 6.07 Å². The van der Waals surface area contributed by atoms with E-state index in [0.717, 1.165) is 16.5 Å². The molecule has 5 nitrogen and oxygen atoms in total. The third-order valence-corrected chi connectivity index (χ3v) is 3.35. The van der Waals surface area contributed by atoms with Crippen LogP contribution in [0.2, 0.25) is 0 Å². The third kappa shape index (κ3) is 2.33. The Balaban J connectivity index is 2.16. The summed E-state index contributed by atoms with van der Waals surface area (Å²) in [5.41, 5.74) is 2.85. The van der Waals surface area contributed by atoms with E-state index in [1.807, 2.05) is 30.3 Å². The third-order valence-electron chi connectivity index (χ3n) is 3.35. The van der Waals surface area contributed by atoms with Gasteiger partial charge in [-0.3, -0.25) is 4.98 Å². The highest BCUT2D eigenvalue weighted by atomic mass is 16.4. The van der Waals surface area contributed by atoms with Crippen LogP contribution < -0.4 is 0 Å². The lowest BCUT2D eigenvalue weighted by Crippen LogP contribution is -2.08. The summed E-state index contributed by atoms with van der Waals surface area (Å²) in [6.45, 7) is 3.37. The molecule has 0 spiro atoms. The predicted octanol–water partition coefficient (Wildman–Crippen LogP) is 3.01. The number of aromatic carboxylic acids is 1. The molecule has 5 heteroatoms. The highest BCUT2D eigenvalue weighted by Gasteiger charge is 2.15. The van der Waals surface area contributed by atoms with Crippen LogP contribution >= 0.6 is 0 Å². The normalized spacial score (nSPS) is 10.8. The molecule has 3 rings (SSSR count). The van der Waals surface area contributed by atoms with Crippen LogP contribution in [0.15, 0.2) is 36.5 Å². The summed E-state index contributed by atoms with van der Waals surface area (Å²) < 4.78 is 0. The zero-order valence-corrected chi connectivity index (χ0v) is 11.7. The number of aryl methyl sites for hydroxylation is 2.